The summed E-state index contributed by atoms with van der Waals surface area (Å²) in [6.45, 7) is 8.78. The van der Waals surface area contributed by atoms with Gasteiger partial charge >= 0.3 is 0 Å². The molecule has 4 nitrogen and oxygen atoms in total. The fraction of sp³-hybridized carbons (Fsp3) is 0.529. The molecular weight excluding hydrogens is 264 g/mol. The fourth-order valence-corrected chi connectivity index (χ4v) is 2.49. The number of hydrogen-bond donors (Lipinski definition) is 2. The average Bonchev–Trinajstić information content (AvgIpc) is 3.14. The number of aryl methyl sites for hydroxylation is 2. The highest BCUT2D eigenvalue weighted by molar-refractivity contribution is 5.99. The molecule has 0 heterocycles. The van der Waals surface area contributed by atoms with Gasteiger partial charge in [0.05, 0.1) is 11.8 Å². The first kappa shape index (κ1) is 15.5. The Labute approximate surface area is 126 Å². The van der Waals surface area contributed by atoms with Gasteiger partial charge in [0.25, 0.3) is 0 Å². The summed E-state index contributed by atoms with van der Waals surface area (Å²) in [5.74, 6) is 0.0388. The summed E-state index contributed by atoms with van der Waals surface area (Å²) in [5, 5.41) is 5.81. The van der Waals surface area contributed by atoms with Crippen LogP contribution in [0, 0.1) is 31.6 Å². The summed E-state index contributed by atoms with van der Waals surface area (Å²) in [7, 11) is 0. The van der Waals surface area contributed by atoms with Crippen LogP contribution >= 0.6 is 0 Å². The van der Waals surface area contributed by atoms with Gasteiger partial charge in [0, 0.05) is 12.2 Å². The third-order valence-corrected chi connectivity index (χ3v) is 3.64. The second-order valence-corrected chi connectivity index (χ2v) is 6.45. The van der Waals surface area contributed by atoms with Crippen molar-refractivity contribution < 1.29 is 9.59 Å². The Morgan fingerprint density at radius 2 is 1.67 bits per heavy atom. The number of carbonyl (C=O) groups is 2. The maximum Gasteiger partial charge on any atom is 0.228 e. The molecule has 114 valence electrons. The predicted octanol–water partition coefficient (Wildman–Crippen LogP) is 2.65. The standard InChI is InChI=1S/C17H24N2O2/c1-10(2)9-18-16(20)14-8-15(14)17(21)19-13-6-11(3)5-12(4)7-13/h5-7,10,14-15H,8-9H2,1-4H3,(H,18,20)(H,19,21). The molecule has 2 amide bonds. The van der Waals surface area contributed by atoms with E-state index in [0.29, 0.717) is 18.9 Å². The van der Waals surface area contributed by atoms with E-state index >= 15 is 0 Å². The first-order valence-electron chi connectivity index (χ1n) is 7.53. The van der Waals surface area contributed by atoms with Crippen molar-refractivity contribution in [3.05, 3.63) is 29.3 Å². The number of amides is 2. The van der Waals surface area contributed by atoms with Crippen LogP contribution in [0.2, 0.25) is 0 Å². The van der Waals surface area contributed by atoms with Gasteiger partial charge in [-0.2, -0.15) is 0 Å². The highest BCUT2D eigenvalue weighted by Gasteiger charge is 2.47. The Morgan fingerprint density at radius 3 is 2.24 bits per heavy atom. The van der Waals surface area contributed by atoms with Gasteiger partial charge in [-0.25, -0.2) is 0 Å². The second kappa shape index (κ2) is 6.29. The van der Waals surface area contributed by atoms with Crippen LogP contribution in [0.3, 0.4) is 0 Å². The van der Waals surface area contributed by atoms with Crippen LogP contribution in [-0.2, 0) is 9.59 Å². The lowest BCUT2D eigenvalue weighted by atomic mass is 10.1. The molecule has 1 aliphatic carbocycles. The smallest absolute Gasteiger partial charge is 0.228 e. The second-order valence-electron chi connectivity index (χ2n) is 6.45. The summed E-state index contributed by atoms with van der Waals surface area (Å²) in [6.07, 6.45) is 0.653. The van der Waals surface area contributed by atoms with E-state index in [1.165, 1.54) is 0 Å². The zero-order valence-electron chi connectivity index (χ0n) is 13.2. The van der Waals surface area contributed by atoms with Gasteiger partial charge < -0.3 is 10.6 Å². The normalized spacial score (nSPS) is 20.2. The minimum absolute atomic E-state index is 0.00396. The number of anilines is 1. The topological polar surface area (TPSA) is 58.2 Å². The number of carbonyl (C=O) groups excluding carboxylic acids is 2. The molecule has 2 atom stereocenters. The molecule has 1 saturated carbocycles. The molecule has 2 unspecified atom stereocenters. The highest BCUT2D eigenvalue weighted by atomic mass is 16.2. The molecule has 2 N–H and O–H groups in total. The third kappa shape index (κ3) is 4.31. The highest BCUT2D eigenvalue weighted by Crippen LogP contribution is 2.39. The van der Waals surface area contributed by atoms with E-state index in [-0.39, 0.29) is 23.7 Å². The van der Waals surface area contributed by atoms with Crippen molar-refractivity contribution in [3.8, 4) is 0 Å². The van der Waals surface area contributed by atoms with E-state index in [0.717, 1.165) is 16.8 Å². The molecule has 1 aromatic rings. The van der Waals surface area contributed by atoms with Crippen LogP contribution in [0.1, 0.15) is 31.4 Å². The molecule has 0 bridgehead atoms. The van der Waals surface area contributed by atoms with Gasteiger partial charge in [-0.3, -0.25) is 9.59 Å². The maximum atomic E-state index is 12.2. The molecule has 0 aromatic heterocycles. The van der Waals surface area contributed by atoms with Crippen molar-refractivity contribution in [1.29, 1.82) is 0 Å². The Morgan fingerprint density at radius 1 is 1.10 bits per heavy atom. The lowest BCUT2D eigenvalue weighted by Crippen LogP contribution is -2.30. The quantitative estimate of drug-likeness (QED) is 0.875. The minimum Gasteiger partial charge on any atom is -0.356 e. The molecular formula is C17H24N2O2. The molecule has 1 fully saturated rings. The zero-order chi connectivity index (χ0) is 15.6. The van der Waals surface area contributed by atoms with Crippen molar-refractivity contribution >= 4 is 17.5 Å². The molecule has 0 aliphatic heterocycles. The monoisotopic (exact) mass is 288 g/mol. The summed E-state index contributed by atoms with van der Waals surface area (Å²) in [5.41, 5.74) is 3.05. The summed E-state index contributed by atoms with van der Waals surface area (Å²) in [6, 6.07) is 5.96. The van der Waals surface area contributed by atoms with Crippen LogP contribution in [0.25, 0.3) is 0 Å². The van der Waals surface area contributed by atoms with E-state index in [4.69, 9.17) is 0 Å². The Hall–Kier alpha value is -1.84. The van der Waals surface area contributed by atoms with Gasteiger partial charge in [-0.1, -0.05) is 19.9 Å². The number of nitrogens with one attached hydrogen (secondary N) is 2. The van der Waals surface area contributed by atoms with E-state index in [1.54, 1.807) is 0 Å². The lowest BCUT2D eigenvalue weighted by molar-refractivity contribution is -0.125. The summed E-state index contributed by atoms with van der Waals surface area (Å²) < 4.78 is 0. The number of benzene rings is 1. The Kier molecular flexibility index (Phi) is 4.66. The van der Waals surface area contributed by atoms with Crippen LogP contribution in [0.5, 0.6) is 0 Å². The molecule has 21 heavy (non-hydrogen) atoms. The number of hydrogen-bond acceptors (Lipinski definition) is 2. The van der Waals surface area contributed by atoms with Crippen LogP contribution in [0.15, 0.2) is 18.2 Å². The largest absolute Gasteiger partial charge is 0.356 e. The minimum atomic E-state index is -0.182. The van der Waals surface area contributed by atoms with Crippen LogP contribution in [-0.4, -0.2) is 18.4 Å². The molecule has 0 saturated heterocycles. The van der Waals surface area contributed by atoms with Gasteiger partial charge in [0.2, 0.25) is 11.8 Å². The first-order valence-corrected chi connectivity index (χ1v) is 7.53. The molecule has 0 spiro atoms. The molecule has 0 radical (unpaired) electrons. The fourth-order valence-electron chi connectivity index (χ4n) is 2.49. The van der Waals surface area contributed by atoms with Crippen molar-refractivity contribution in [2.24, 2.45) is 17.8 Å². The molecule has 1 aromatic carbocycles. The zero-order valence-corrected chi connectivity index (χ0v) is 13.2. The Balaban J connectivity index is 1.87. The summed E-state index contributed by atoms with van der Waals surface area (Å²) >= 11 is 0. The molecule has 1 aliphatic rings. The van der Waals surface area contributed by atoms with E-state index in [9.17, 15) is 9.59 Å². The van der Waals surface area contributed by atoms with Gasteiger partial charge in [-0.15, -0.1) is 0 Å². The number of rotatable bonds is 5. The Bertz CT molecular complexity index is 531. The predicted molar refractivity (Wildman–Crippen MR) is 84.0 cm³/mol. The third-order valence-electron chi connectivity index (χ3n) is 3.64. The maximum absolute atomic E-state index is 12.2. The lowest BCUT2D eigenvalue weighted by Gasteiger charge is -2.08. The van der Waals surface area contributed by atoms with Crippen molar-refractivity contribution in [3.63, 3.8) is 0 Å². The average molecular weight is 288 g/mol. The molecule has 4 heteroatoms. The van der Waals surface area contributed by atoms with E-state index in [1.807, 2.05) is 26.0 Å². The van der Waals surface area contributed by atoms with E-state index in [2.05, 4.69) is 30.5 Å². The van der Waals surface area contributed by atoms with Gasteiger partial charge in [0.15, 0.2) is 0 Å². The molecule has 2 rings (SSSR count). The van der Waals surface area contributed by atoms with Crippen molar-refractivity contribution in [1.82, 2.24) is 5.32 Å². The summed E-state index contributed by atoms with van der Waals surface area (Å²) in [4.78, 5) is 24.1. The SMILES string of the molecule is Cc1cc(C)cc(NC(=O)C2CC2C(=O)NCC(C)C)c1. The van der Waals surface area contributed by atoms with Crippen LogP contribution < -0.4 is 10.6 Å². The van der Waals surface area contributed by atoms with Crippen molar-refractivity contribution in [2.45, 2.75) is 34.1 Å². The van der Waals surface area contributed by atoms with E-state index < -0.39 is 0 Å². The van der Waals surface area contributed by atoms with Crippen molar-refractivity contribution in [2.75, 3.05) is 11.9 Å². The van der Waals surface area contributed by atoms with Crippen LogP contribution in [0.4, 0.5) is 5.69 Å². The first-order chi connectivity index (χ1) is 9.86. The van der Waals surface area contributed by atoms with Gasteiger partial charge in [0.1, 0.15) is 0 Å². The van der Waals surface area contributed by atoms with Gasteiger partial charge in [-0.05, 0) is 49.4 Å².